The van der Waals surface area contributed by atoms with Gasteiger partial charge in [0.15, 0.2) is 0 Å². The summed E-state index contributed by atoms with van der Waals surface area (Å²) in [6.07, 6.45) is -4.53. The van der Waals surface area contributed by atoms with Crippen molar-refractivity contribution >= 4 is 12.0 Å². The van der Waals surface area contributed by atoms with Crippen LogP contribution < -0.4 is 19.5 Å². The minimum atomic E-state index is -4.78. The first-order valence-corrected chi connectivity index (χ1v) is 11.2. The number of nitrogens with one attached hydrogen (secondary N) is 1. The number of likely N-dealkylation sites (tertiary alicyclic amines) is 1. The molecule has 1 aliphatic rings. The summed E-state index contributed by atoms with van der Waals surface area (Å²) >= 11 is 0. The summed E-state index contributed by atoms with van der Waals surface area (Å²) in [5.41, 5.74) is 0.403. The Bertz CT molecular complexity index is 993. The van der Waals surface area contributed by atoms with Gasteiger partial charge in [0, 0.05) is 32.0 Å². The highest BCUT2D eigenvalue weighted by Gasteiger charge is 2.31. The van der Waals surface area contributed by atoms with Crippen molar-refractivity contribution in [1.82, 2.24) is 10.2 Å². The van der Waals surface area contributed by atoms with E-state index in [-0.39, 0.29) is 43.3 Å². The van der Waals surface area contributed by atoms with E-state index in [1.165, 1.54) is 18.2 Å². The van der Waals surface area contributed by atoms with Crippen molar-refractivity contribution in [2.75, 3.05) is 32.8 Å². The zero-order valence-electron chi connectivity index (χ0n) is 19.2. The maximum absolute atomic E-state index is 13.1. The Morgan fingerprint density at radius 3 is 2.49 bits per heavy atom. The SMILES string of the molecule is CCOC(=O)NCCOc1ccccc1C(=O)N1CCC(Oc2cccc(OC(F)(F)F)c2)CC1. The smallest absolute Gasteiger partial charge is 0.491 e. The van der Waals surface area contributed by atoms with Crippen molar-refractivity contribution in [3.8, 4) is 17.2 Å². The second-order valence-electron chi connectivity index (χ2n) is 7.62. The Labute approximate surface area is 200 Å². The minimum absolute atomic E-state index is 0.163. The van der Waals surface area contributed by atoms with Crippen molar-refractivity contribution in [2.45, 2.75) is 32.2 Å². The Balaban J connectivity index is 1.51. The van der Waals surface area contributed by atoms with Crippen molar-refractivity contribution in [2.24, 2.45) is 0 Å². The molecule has 1 saturated heterocycles. The van der Waals surface area contributed by atoms with Gasteiger partial charge < -0.3 is 29.2 Å². The van der Waals surface area contributed by atoms with Crippen LogP contribution in [0.3, 0.4) is 0 Å². The van der Waals surface area contributed by atoms with Gasteiger partial charge in [-0.3, -0.25) is 4.79 Å². The van der Waals surface area contributed by atoms with Gasteiger partial charge in [-0.25, -0.2) is 4.79 Å². The summed E-state index contributed by atoms with van der Waals surface area (Å²) in [6.45, 7) is 3.19. The number of halogens is 3. The summed E-state index contributed by atoms with van der Waals surface area (Å²) in [5, 5.41) is 2.55. The third-order valence-electron chi connectivity index (χ3n) is 5.09. The van der Waals surface area contributed by atoms with Gasteiger partial charge in [0.05, 0.1) is 18.7 Å². The number of para-hydroxylation sites is 1. The normalized spacial score (nSPS) is 14.2. The predicted octanol–water partition coefficient (Wildman–Crippen LogP) is 4.39. The molecule has 2 aromatic carbocycles. The number of carbonyl (C=O) groups is 2. The fraction of sp³-hybridized carbons (Fsp3) is 0.417. The third kappa shape index (κ3) is 8.27. The number of piperidine rings is 1. The second-order valence-corrected chi connectivity index (χ2v) is 7.62. The molecule has 1 heterocycles. The van der Waals surface area contributed by atoms with Crippen LogP contribution in [0.4, 0.5) is 18.0 Å². The molecule has 3 rings (SSSR count). The molecule has 0 unspecified atom stereocenters. The van der Waals surface area contributed by atoms with Crippen LogP contribution in [0.25, 0.3) is 0 Å². The van der Waals surface area contributed by atoms with Crippen LogP contribution in [-0.4, -0.2) is 62.2 Å². The van der Waals surface area contributed by atoms with Crippen LogP contribution in [0.5, 0.6) is 17.2 Å². The van der Waals surface area contributed by atoms with Crippen molar-refractivity contribution < 1.29 is 41.7 Å². The number of hydrogen-bond acceptors (Lipinski definition) is 6. The molecule has 2 amide bonds. The standard InChI is InChI=1S/C24H27F3N2O6/c1-2-32-23(31)28-12-15-33-21-9-4-3-8-20(21)22(30)29-13-10-17(11-14-29)34-18-6-5-7-19(16-18)35-24(25,26)27/h3-9,16-17H,2,10-15H2,1H3,(H,28,31). The average Bonchev–Trinajstić information content (AvgIpc) is 2.81. The van der Waals surface area contributed by atoms with Crippen LogP contribution >= 0.6 is 0 Å². The third-order valence-corrected chi connectivity index (χ3v) is 5.09. The molecular weight excluding hydrogens is 469 g/mol. The highest BCUT2D eigenvalue weighted by atomic mass is 19.4. The zero-order valence-corrected chi connectivity index (χ0v) is 19.2. The molecule has 0 aliphatic carbocycles. The van der Waals surface area contributed by atoms with Crippen molar-refractivity contribution in [3.63, 3.8) is 0 Å². The lowest BCUT2D eigenvalue weighted by Crippen LogP contribution is -2.42. The van der Waals surface area contributed by atoms with E-state index in [4.69, 9.17) is 14.2 Å². The Hall–Kier alpha value is -3.63. The minimum Gasteiger partial charge on any atom is -0.491 e. The van der Waals surface area contributed by atoms with Gasteiger partial charge in [0.2, 0.25) is 0 Å². The molecule has 0 atom stereocenters. The van der Waals surface area contributed by atoms with Crippen LogP contribution in [-0.2, 0) is 4.74 Å². The lowest BCUT2D eigenvalue weighted by Gasteiger charge is -2.32. The number of rotatable bonds is 9. The highest BCUT2D eigenvalue weighted by molar-refractivity contribution is 5.97. The van der Waals surface area contributed by atoms with Crippen LogP contribution in [0, 0.1) is 0 Å². The fourth-order valence-corrected chi connectivity index (χ4v) is 3.55. The first-order chi connectivity index (χ1) is 16.7. The molecule has 0 bridgehead atoms. The quantitative estimate of drug-likeness (QED) is 0.518. The zero-order chi connectivity index (χ0) is 25.3. The van der Waals surface area contributed by atoms with E-state index in [1.807, 2.05) is 0 Å². The molecule has 35 heavy (non-hydrogen) atoms. The van der Waals surface area contributed by atoms with E-state index >= 15 is 0 Å². The van der Waals surface area contributed by atoms with Crippen molar-refractivity contribution in [3.05, 3.63) is 54.1 Å². The van der Waals surface area contributed by atoms with Gasteiger partial charge in [0.25, 0.3) is 5.91 Å². The summed E-state index contributed by atoms with van der Waals surface area (Å²) < 4.78 is 57.5. The number of hydrogen-bond donors (Lipinski definition) is 1. The monoisotopic (exact) mass is 496 g/mol. The lowest BCUT2D eigenvalue weighted by molar-refractivity contribution is -0.274. The maximum atomic E-state index is 13.1. The van der Waals surface area contributed by atoms with Crippen LogP contribution in [0.1, 0.15) is 30.1 Å². The lowest BCUT2D eigenvalue weighted by atomic mass is 10.1. The van der Waals surface area contributed by atoms with Crippen LogP contribution in [0.2, 0.25) is 0 Å². The topological polar surface area (TPSA) is 86.3 Å². The number of alkyl halides is 3. The first kappa shape index (κ1) is 26.0. The van der Waals surface area contributed by atoms with E-state index in [1.54, 1.807) is 42.2 Å². The first-order valence-electron chi connectivity index (χ1n) is 11.2. The molecular formula is C24H27F3N2O6. The number of carbonyl (C=O) groups excluding carboxylic acids is 2. The van der Waals surface area contributed by atoms with Gasteiger partial charge in [-0.05, 0) is 31.2 Å². The Kier molecular flexibility index (Phi) is 9.04. The van der Waals surface area contributed by atoms with E-state index < -0.39 is 12.5 Å². The molecule has 8 nitrogen and oxygen atoms in total. The van der Waals surface area contributed by atoms with Gasteiger partial charge in [-0.2, -0.15) is 0 Å². The molecule has 0 spiro atoms. The number of ether oxygens (including phenoxy) is 4. The molecule has 0 saturated carbocycles. The number of amides is 2. The second kappa shape index (κ2) is 12.2. The number of nitrogens with zero attached hydrogens (tertiary/aromatic N) is 1. The number of benzene rings is 2. The fourth-order valence-electron chi connectivity index (χ4n) is 3.55. The van der Waals surface area contributed by atoms with E-state index in [0.29, 0.717) is 37.2 Å². The molecule has 1 fully saturated rings. The summed E-state index contributed by atoms with van der Waals surface area (Å²) in [7, 11) is 0. The molecule has 11 heteroatoms. The van der Waals surface area contributed by atoms with Crippen LogP contribution in [0.15, 0.2) is 48.5 Å². The molecule has 0 radical (unpaired) electrons. The summed E-state index contributed by atoms with van der Waals surface area (Å²) in [6, 6.07) is 12.2. The highest BCUT2D eigenvalue weighted by Crippen LogP contribution is 2.28. The van der Waals surface area contributed by atoms with Gasteiger partial charge in [-0.1, -0.05) is 18.2 Å². The Morgan fingerprint density at radius 2 is 1.77 bits per heavy atom. The van der Waals surface area contributed by atoms with Gasteiger partial charge >= 0.3 is 12.5 Å². The molecule has 1 N–H and O–H groups in total. The molecule has 2 aromatic rings. The van der Waals surface area contributed by atoms with Crippen molar-refractivity contribution in [1.29, 1.82) is 0 Å². The van der Waals surface area contributed by atoms with Gasteiger partial charge in [-0.15, -0.1) is 13.2 Å². The predicted molar refractivity (Wildman–Crippen MR) is 120 cm³/mol. The summed E-state index contributed by atoms with van der Waals surface area (Å²) in [4.78, 5) is 26.1. The Morgan fingerprint density at radius 1 is 1.06 bits per heavy atom. The van der Waals surface area contributed by atoms with E-state index in [9.17, 15) is 22.8 Å². The average molecular weight is 496 g/mol. The molecule has 0 aromatic heterocycles. The van der Waals surface area contributed by atoms with E-state index in [0.717, 1.165) is 0 Å². The maximum Gasteiger partial charge on any atom is 0.573 e. The molecule has 190 valence electrons. The molecule has 1 aliphatic heterocycles. The summed E-state index contributed by atoms with van der Waals surface area (Å²) in [5.74, 6) is 0.129. The number of alkyl carbamates (subject to hydrolysis) is 1. The largest absolute Gasteiger partial charge is 0.573 e. The van der Waals surface area contributed by atoms with Gasteiger partial charge in [0.1, 0.15) is 30.0 Å². The van der Waals surface area contributed by atoms with E-state index in [2.05, 4.69) is 10.1 Å².